The number of rotatable bonds is 8. The van der Waals surface area contributed by atoms with Gasteiger partial charge in [-0.05, 0) is 57.7 Å². The Balaban J connectivity index is 2.44. The first kappa shape index (κ1) is 15.5. The SMILES string of the molecule is CCON=C(C)CCc1ccc(OC(C)CC)cc1. The van der Waals surface area contributed by atoms with Crippen LogP contribution >= 0.6 is 0 Å². The fourth-order valence-corrected chi connectivity index (χ4v) is 1.60. The summed E-state index contributed by atoms with van der Waals surface area (Å²) in [5.74, 6) is 0.942. The van der Waals surface area contributed by atoms with Crippen LogP contribution in [0, 0.1) is 0 Å². The average molecular weight is 263 g/mol. The zero-order valence-corrected chi connectivity index (χ0v) is 12.5. The molecule has 1 unspecified atom stereocenters. The minimum atomic E-state index is 0.270. The molecule has 3 heteroatoms. The zero-order chi connectivity index (χ0) is 14.1. The molecule has 0 saturated carbocycles. The van der Waals surface area contributed by atoms with Gasteiger partial charge >= 0.3 is 0 Å². The second-order valence-electron chi connectivity index (χ2n) is 4.73. The maximum Gasteiger partial charge on any atom is 0.119 e. The molecule has 0 aliphatic heterocycles. The molecule has 0 aliphatic carbocycles. The van der Waals surface area contributed by atoms with Crippen LogP contribution < -0.4 is 4.74 Å². The highest BCUT2D eigenvalue weighted by molar-refractivity contribution is 5.81. The van der Waals surface area contributed by atoms with Crippen molar-refractivity contribution in [3.63, 3.8) is 0 Å². The number of hydrogen-bond acceptors (Lipinski definition) is 3. The van der Waals surface area contributed by atoms with E-state index in [4.69, 9.17) is 9.57 Å². The van der Waals surface area contributed by atoms with Gasteiger partial charge in [-0.15, -0.1) is 0 Å². The summed E-state index contributed by atoms with van der Waals surface area (Å²) in [6.07, 6.45) is 3.19. The lowest BCUT2D eigenvalue weighted by molar-refractivity contribution is 0.158. The zero-order valence-electron chi connectivity index (χ0n) is 12.5. The van der Waals surface area contributed by atoms with E-state index >= 15 is 0 Å². The van der Waals surface area contributed by atoms with Crippen LogP contribution in [0.3, 0.4) is 0 Å². The van der Waals surface area contributed by atoms with Crippen LogP contribution in [-0.4, -0.2) is 18.4 Å². The van der Waals surface area contributed by atoms with Gasteiger partial charge in [-0.3, -0.25) is 0 Å². The summed E-state index contributed by atoms with van der Waals surface area (Å²) in [6.45, 7) is 8.77. The summed E-state index contributed by atoms with van der Waals surface area (Å²) < 4.78 is 5.75. The summed E-state index contributed by atoms with van der Waals surface area (Å²) >= 11 is 0. The second-order valence-corrected chi connectivity index (χ2v) is 4.73. The van der Waals surface area contributed by atoms with E-state index in [0.717, 1.165) is 30.7 Å². The van der Waals surface area contributed by atoms with Crippen molar-refractivity contribution in [3.05, 3.63) is 29.8 Å². The van der Waals surface area contributed by atoms with Crippen LogP contribution in [0.2, 0.25) is 0 Å². The third-order valence-corrected chi connectivity index (χ3v) is 2.96. The second kappa shape index (κ2) is 8.57. The molecule has 1 aromatic rings. The van der Waals surface area contributed by atoms with Crippen molar-refractivity contribution < 1.29 is 9.57 Å². The molecule has 0 aromatic heterocycles. The molecule has 0 N–H and O–H groups in total. The van der Waals surface area contributed by atoms with E-state index in [1.165, 1.54) is 5.56 Å². The van der Waals surface area contributed by atoms with E-state index in [0.29, 0.717) is 6.61 Å². The number of oxime groups is 1. The van der Waals surface area contributed by atoms with E-state index in [2.05, 4.69) is 31.1 Å². The number of benzene rings is 1. The van der Waals surface area contributed by atoms with Gasteiger partial charge in [0, 0.05) is 0 Å². The summed E-state index contributed by atoms with van der Waals surface area (Å²) in [7, 11) is 0. The predicted molar refractivity (Wildman–Crippen MR) is 79.9 cm³/mol. The van der Waals surface area contributed by atoms with Crippen molar-refractivity contribution >= 4 is 5.71 Å². The van der Waals surface area contributed by atoms with Gasteiger partial charge in [0.25, 0.3) is 0 Å². The fraction of sp³-hybridized carbons (Fsp3) is 0.562. The smallest absolute Gasteiger partial charge is 0.119 e. The van der Waals surface area contributed by atoms with E-state index in [1.807, 2.05) is 26.0 Å². The molecule has 1 aromatic carbocycles. The van der Waals surface area contributed by atoms with Crippen molar-refractivity contribution in [2.45, 2.75) is 53.1 Å². The molecule has 0 radical (unpaired) electrons. The molecule has 19 heavy (non-hydrogen) atoms. The Kier molecular flexibility index (Phi) is 7.01. The van der Waals surface area contributed by atoms with E-state index in [9.17, 15) is 0 Å². The van der Waals surface area contributed by atoms with Gasteiger partial charge in [-0.25, -0.2) is 0 Å². The first-order valence-corrected chi connectivity index (χ1v) is 7.06. The number of aryl methyl sites for hydroxylation is 1. The molecular formula is C16H25NO2. The van der Waals surface area contributed by atoms with Crippen molar-refractivity contribution in [1.82, 2.24) is 0 Å². The minimum Gasteiger partial charge on any atom is -0.491 e. The van der Waals surface area contributed by atoms with Crippen molar-refractivity contribution in [2.24, 2.45) is 5.16 Å². The Bertz CT molecular complexity index is 384. The van der Waals surface area contributed by atoms with Crippen LogP contribution in [0.4, 0.5) is 0 Å². The van der Waals surface area contributed by atoms with Crippen LogP contribution in [0.25, 0.3) is 0 Å². The maximum atomic E-state index is 5.75. The van der Waals surface area contributed by atoms with Gasteiger partial charge < -0.3 is 9.57 Å². The van der Waals surface area contributed by atoms with Crippen LogP contribution in [-0.2, 0) is 11.3 Å². The standard InChI is InChI=1S/C16H25NO2/c1-5-14(4)19-16-11-9-15(10-12-16)8-7-13(3)17-18-6-2/h9-12,14H,5-8H2,1-4H3. The summed E-state index contributed by atoms with van der Waals surface area (Å²) in [5, 5.41) is 4.02. The maximum absolute atomic E-state index is 5.75. The lowest BCUT2D eigenvalue weighted by Gasteiger charge is -2.12. The Hall–Kier alpha value is -1.51. The van der Waals surface area contributed by atoms with Gasteiger partial charge in [0.1, 0.15) is 12.4 Å². The number of hydrogen-bond donors (Lipinski definition) is 0. The molecule has 0 aliphatic rings. The minimum absolute atomic E-state index is 0.270. The Morgan fingerprint density at radius 2 is 1.89 bits per heavy atom. The quantitative estimate of drug-likeness (QED) is 0.519. The number of ether oxygens (including phenoxy) is 1. The molecule has 0 saturated heterocycles. The molecular weight excluding hydrogens is 238 g/mol. The predicted octanol–water partition coefficient (Wildman–Crippen LogP) is 4.21. The number of nitrogens with zero attached hydrogens (tertiary/aromatic N) is 1. The van der Waals surface area contributed by atoms with Gasteiger partial charge in [0.15, 0.2) is 0 Å². The molecule has 106 valence electrons. The van der Waals surface area contributed by atoms with Gasteiger partial charge in [0.05, 0.1) is 11.8 Å². The topological polar surface area (TPSA) is 30.8 Å². The van der Waals surface area contributed by atoms with Crippen LogP contribution in [0.1, 0.15) is 46.1 Å². The summed E-state index contributed by atoms with van der Waals surface area (Å²) in [4.78, 5) is 5.03. The molecule has 0 fully saturated rings. The van der Waals surface area contributed by atoms with Crippen molar-refractivity contribution in [2.75, 3.05) is 6.61 Å². The highest BCUT2D eigenvalue weighted by Gasteiger charge is 2.01. The molecule has 1 atom stereocenters. The van der Waals surface area contributed by atoms with Gasteiger partial charge in [0.2, 0.25) is 0 Å². The van der Waals surface area contributed by atoms with Gasteiger partial charge in [-0.1, -0.05) is 24.2 Å². The lowest BCUT2D eigenvalue weighted by atomic mass is 10.1. The van der Waals surface area contributed by atoms with E-state index in [1.54, 1.807) is 0 Å². The van der Waals surface area contributed by atoms with Crippen molar-refractivity contribution in [1.29, 1.82) is 0 Å². The molecule has 0 heterocycles. The third-order valence-electron chi connectivity index (χ3n) is 2.96. The molecule has 0 spiro atoms. The van der Waals surface area contributed by atoms with Gasteiger partial charge in [-0.2, -0.15) is 0 Å². The van der Waals surface area contributed by atoms with E-state index in [-0.39, 0.29) is 6.10 Å². The summed E-state index contributed by atoms with van der Waals surface area (Å²) in [5.41, 5.74) is 2.32. The monoisotopic (exact) mass is 263 g/mol. The van der Waals surface area contributed by atoms with E-state index < -0.39 is 0 Å². The largest absolute Gasteiger partial charge is 0.491 e. The first-order valence-electron chi connectivity index (χ1n) is 7.06. The third kappa shape index (κ3) is 6.27. The van der Waals surface area contributed by atoms with Crippen LogP contribution in [0.15, 0.2) is 29.4 Å². The molecule has 0 amide bonds. The Morgan fingerprint density at radius 1 is 1.21 bits per heavy atom. The molecule has 1 rings (SSSR count). The Morgan fingerprint density at radius 3 is 2.47 bits per heavy atom. The Labute approximate surface area is 116 Å². The normalized spacial score (nSPS) is 13.2. The highest BCUT2D eigenvalue weighted by atomic mass is 16.6. The van der Waals surface area contributed by atoms with Crippen LogP contribution in [0.5, 0.6) is 5.75 Å². The lowest BCUT2D eigenvalue weighted by Crippen LogP contribution is -2.09. The molecule has 3 nitrogen and oxygen atoms in total. The fourth-order valence-electron chi connectivity index (χ4n) is 1.60. The molecule has 0 bridgehead atoms. The van der Waals surface area contributed by atoms with Crippen molar-refractivity contribution in [3.8, 4) is 5.75 Å². The summed E-state index contributed by atoms with van der Waals surface area (Å²) in [6, 6.07) is 8.31. The average Bonchev–Trinajstić information content (AvgIpc) is 2.44. The first-order chi connectivity index (χ1) is 9.15. The highest BCUT2D eigenvalue weighted by Crippen LogP contribution is 2.15.